The van der Waals surface area contributed by atoms with Gasteiger partial charge in [0.1, 0.15) is 17.2 Å². The summed E-state index contributed by atoms with van der Waals surface area (Å²) in [5, 5.41) is 4.29. The molecule has 0 fully saturated rings. The van der Waals surface area contributed by atoms with Crippen molar-refractivity contribution in [2.45, 2.75) is 45.7 Å². The van der Waals surface area contributed by atoms with Crippen LogP contribution in [0.25, 0.3) is 11.0 Å². The fourth-order valence-electron chi connectivity index (χ4n) is 2.18. The molecule has 2 aromatic rings. The van der Waals surface area contributed by atoms with Crippen LogP contribution in [0.15, 0.2) is 28.7 Å². The number of fused-ring (bicyclic) bond motifs is 1. The molecule has 0 aliphatic heterocycles. The van der Waals surface area contributed by atoms with Crippen LogP contribution >= 0.6 is 0 Å². The Kier molecular flexibility index (Phi) is 3.71. The topological polar surface area (TPSA) is 25.2 Å². The van der Waals surface area contributed by atoms with Gasteiger partial charge in [-0.15, -0.1) is 0 Å². The fourth-order valence-corrected chi connectivity index (χ4v) is 2.18. The molecule has 2 nitrogen and oxygen atoms in total. The van der Waals surface area contributed by atoms with Crippen LogP contribution in [0.4, 0.5) is 4.39 Å². The summed E-state index contributed by atoms with van der Waals surface area (Å²) in [4.78, 5) is 0. The van der Waals surface area contributed by atoms with Crippen molar-refractivity contribution in [1.82, 2.24) is 5.32 Å². The number of halogens is 1. The van der Waals surface area contributed by atoms with E-state index in [1.807, 2.05) is 6.07 Å². The molecule has 0 spiro atoms. The Morgan fingerprint density at radius 2 is 1.83 bits per heavy atom. The molecule has 2 unspecified atom stereocenters. The molecule has 0 bridgehead atoms. The van der Waals surface area contributed by atoms with E-state index in [1.54, 1.807) is 6.07 Å². The largest absolute Gasteiger partial charge is 0.461 e. The molecule has 1 aromatic heterocycles. The summed E-state index contributed by atoms with van der Waals surface area (Å²) in [6.07, 6.45) is 0. The first-order chi connectivity index (χ1) is 8.47. The van der Waals surface area contributed by atoms with Crippen LogP contribution in [0, 0.1) is 5.82 Å². The summed E-state index contributed by atoms with van der Waals surface area (Å²) in [6.45, 7) is 8.50. The highest BCUT2D eigenvalue weighted by Gasteiger charge is 2.18. The number of nitrogens with one attached hydrogen (secondary N) is 1. The minimum Gasteiger partial charge on any atom is -0.461 e. The molecule has 0 saturated carbocycles. The summed E-state index contributed by atoms with van der Waals surface area (Å²) < 4.78 is 18.9. The molecule has 18 heavy (non-hydrogen) atoms. The highest BCUT2D eigenvalue weighted by Crippen LogP contribution is 2.27. The van der Waals surface area contributed by atoms with Gasteiger partial charge in [0.05, 0.1) is 0 Å². The molecule has 0 saturated heterocycles. The lowest BCUT2D eigenvalue weighted by Gasteiger charge is -2.21. The summed E-state index contributed by atoms with van der Waals surface area (Å²) in [7, 11) is 0. The maximum absolute atomic E-state index is 13.1. The van der Waals surface area contributed by atoms with Crippen LogP contribution in [0.1, 0.15) is 39.4 Å². The van der Waals surface area contributed by atoms with Crippen molar-refractivity contribution in [1.29, 1.82) is 0 Å². The van der Waals surface area contributed by atoms with Crippen LogP contribution in [-0.2, 0) is 0 Å². The molecule has 0 amide bonds. The minimum absolute atomic E-state index is 0.226. The first-order valence-electron chi connectivity index (χ1n) is 6.42. The van der Waals surface area contributed by atoms with Crippen molar-refractivity contribution in [2.24, 2.45) is 0 Å². The average molecular weight is 249 g/mol. The first kappa shape index (κ1) is 13.1. The van der Waals surface area contributed by atoms with E-state index >= 15 is 0 Å². The molecule has 0 radical (unpaired) electrons. The zero-order valence-electron chi connectivity index (χ0n) is 11.3. The lowest BCUT2D eigenvalue weighted by atomic mass is 10.00. The summed E-state index contributed by atoms with van der Waals surface area (Å²) >= 11 is 0. The van der Waals surface area contributed by atoms with Crippen molar-refractivity contribution in [3.63, 3.8) is 0 Å². The van der Waals surface area contributed by atoms with Crippen molar-refractivity contribution in [3.8, 4) is 0 Å². The molecule has 3 heteroatoms. The van der Waals surface area contributed by atoms with Gasteiger partial charge in [0, 0.05) is 23.4 Å². The van der Waals surface area contributed by atoms with Gasteiger partial charge in [0.2, 0.25) is 0 Å². The van der Waals surface area contributed by atoms with Gasteiger partial charge in [-0.3, -0.25) is 0 Å². The number of rotatable bonds is 4. The van der Waals surface area contributed by atoms with E-state index in [0.29, 0.717) is 12.1 Å². The lowest BCUT2D eigenvalue weighted by Crippen LogP contribution is -2.35. The van der Waals surface area contributed by atoms with Crippen LogP contribution in [0.5, 0.6) is 0 Å². The molecule has 2 rings (SSSR count). The molecule has 0 aliphatic carbocycles. The average Bonchev–Trinajstić information content (AvgIpc) is 2.69. The number of benzene rings is 1. The van der Waals surface area contributed by atoms with Gasteiger partial charge < -0.3 is 9.73 Å². The van der Waals surface area contributed by atoms with E-state index in [9.17, 15) is 4.39 Å². The Morgan fingerprint density at radius 3 is 2.50 bits per heavy atom. The van der Waals surface area contributed by atoms with Gasteiger partial charge >= 0.3 is 0 Å². The molecular weight excluding hydrogens is 229 g/mol. The lowest BCUT2D eigenvalue weighted by molar-refractivity contribution is 0.393. The van der Waals surface area contributed by atoms with Gasteiger partial charge in [-0.2, -0.15) is 0 Å². The Morgan fingerprint density at radius 1 is 1.11 bits per heavy atom. The van der Waals surface area contributed by atoms with Gasteiger partial charge in [-0.05, 0) is 31.2 Å². The Hall–Kier alpha value is -1.35. The normalized spacial score (nSPS) is 15.2. The Bertz CT molecular complexity index is 532. The second-order valence-corrected chi connectivity index (χ2v) is 5.23. The van der Waals surface area contributed by atoms with Gasteiger partial charge in [0.15, 0.2) is 0 Å². The van der Waals surface area contributed by atoms with Crippen LogP contribution in [0.2, 0.25) is 0 Å². The van der Waals surface area contributed by atoms with Crippen molar-refractivity contribution in [3.05, 3.63) is 35.8 Å². The van der Waals surface area contributed by atoms with Crippen molar-refractivity contribution >= 4 is 11.0 Å². The van der Waals surface area contributed by atoms with E-state index in [-0.39, 0.29) is 11.7 Å². The highest BCUT2D eigenvalue weighted by atomic mass is 19.1. The van der Waals surface area contributed by atoms with Crippen LogP contribution in [0.3, 0.4) is 0 Å². The SMILES string of the molecule is CC(C)NC(C)C(C)c1cc2cc(F)ccc2o1. The standard InChI is InChI=1S/C15H20FNO/c1-9(2)17-11(4)10(3)15-8-12-7-13(16)5-6-14(12)18-15/h5-11,17H,1-4H3. The first-order valence-corrected chi connectivity index (χ1v) is 6.42. The fraction of sp³-hybridized carbons (Fsp3) is 0.467. The molecule has 98 valence electrons. The van der Waals surface area contributed by atoms with Crippen molar-refractivity contribution in [2.75, 3.05) is 0 Å². The van der Waals surface area contributed by atoms with E-state index < -0.39 is 0 Å². The van der Waals surface area contributed by atoms with E-state index in [2.05, 4.69) is 33.0 Å². The van der Waals surface area contributed by atoms with E-state index in [1.165, 1.54) is 12.1 Å². The molecule has 2 atom stereocenters. The summed E-state index contributed by atoms with van der Waals surface area (Å²) in [6, 6.07) is 7.30. The second kappa shape index (κ2) is 5.11. The number of furan rings is 1. The maximum atomic E-state index is 13.1. The smallest absolute Gasteiger partial charge is 0.134 e. The molecule has 1 aromatic carbocycles. The summed E-state index contributed by atoms with van der Waals surface area (Å²) in [5.41, 5.74) is 0.745. The molecular formula is C15H20FNO. The van der Waals surface area contributed by atoms with Gasteiger partial charge in [-0.1, -0.05) is 20.8 Å². The van der Waals surface area contributed by atoms with Gasteiger partial charge in [-0.25, -0.2) is 4.39 Å². The predicted molar refractivity (Wildman–Crippen MR) is 72.3 cm³/mol. The van der Waals surface area contributed by atoms with Crippen LogP contribution < -0.4 is 5.32 Å². The van der Waals surface area contributed by atoms with E-state index in [0.717, 1.165) is 16.7 Å². The zero-order valence-corrected chi connectivity index (χ0v) is 11.3. The number of hydrogen-bond acceptors (Lipinski definition) is 2. The van der Waals surface area contributed by atoms with E-state index in [4.69, 9.17) is 4.42 Å². The predicted octanol–water partition coefficient (Wildman–Crippen LogP) is 4.06. The number of hydrogen-bond donors (Lipinski definition) is 1. The quantitative estimate of drug-likeness (QED) is 0.883. The highest BCUT2D eigenvalue weighted by molar-refractivity contribution is 5.78. The van der Waals surface area contributed by atoms with Crippen LogP contribution in [-0.4, -0.2) is 12.1 Å². The van der Waals surface area contributed by atoms with Crippen molar-refractivity contribution < 1.29 is 8.81 Å². The zero-order chi connectivity index (χ0) is 13.3. The summed E-state index contributed by atoms with van der Waals surface area (Å²) in [5.74, 6) is 0.926. The molecule has 1 N–H and O–H groups in total. The Labute approximate surface area is 107 Å². The maximum Gasteiger partial charge on any atom is 0.134 e. The monoisotopic (exact) mass is 249 g/mol. The second-order valence-electron chi connectivity index (χ2n) is 5.23. The Balaban J connectivity index is 2.25. The third kappa shape index (κ3) is 2.72. The molecule has 0 aliphatic rings. The minimum atomic E-state index is -0.226. The third-order valence-electron chi connectivity index (χ3n) is 3.29. The van der Waals surface area contributed by atoms with Gasteiger partial charge in [0.25, 0.3) is 0 Å². The third-order valence-corrected chi connectivity index (χ3v) is 3.29. The molecule has 1 heterocycles.